The Kier molecular flexibility index (Phi) is 4.33. The summed E-state index contributed by atoms with van der Waals surface area (Å²) >= 11 is 1.54. The molecule has 96 valence electrons. The van der Waals surface area contributed by atoms with Crippen molar-refractivity contribution in [3.63, 3.8) is 0 Å². The molecular formula is C14H18N2OS. The third-order valence-electron chi connectivity index (χ3n) is 2.77. The molecule has 0 unspecified atom stereocenters. The van der Waals surface area contributed by atoms with Gasteiger partial charge in [0.1, 0.15) is 0 Å². The SMILES string of the molecule is CCN[C@H](C)CNC(=O)c1cc2ccccc2s1. The number of carbonyl (C=O) groups is 1. The molecule has 1 atom stereocenters. The van der Waals surface area contributed by atoms with Crippen LogP contribution < -0.4 is 10.6 Å². The molecule has 0 radical (unpaired) electrons. The minimum absolute atomic E-state index is 0.0148. The van der Waals surface area contributed by atoms with Crippen LogP contribution in [0.1, 0.15) is 23.5 Å². The number of hydrogen-bond donors (Lipinski definition) is 2. The topological polar surface area (TPSA) is 41.1 Å². The molecule has 0 aliphatic rings. The fraction of sp³-hybridized carbons (Fsp3) is 0.357. The van der Waals surface area contributed by atoms with Crippen LogP contribution in [0.2, 0.25) is 0 Å². The Morgan fingerprint density at radius 1 is 1.39 bits per heavy atom. The van der Waals surface area contributed by atoms with Gasteiger partial charge >= 0.3 is 0 Å². The zero-order chi connectivity index (χ0) is 13.0. The Labute approximate surface area is 111 Å². The Bertz CT molecular complexity index is 502. The first-order chi connectivity index (χ1) is 8.70. The van der Waals surface area contributed by atoms with E-state index in [-0.39, 0.29) is 5.91 Å². The Balaban J connectivity index is 2.00. The molecule has 0 spiro atoms. The third kappa shape index (κ3) is 3.09. The lowest BCUT2D eigenvalue weighted by Gasteiger charge is -2.12. The van der Waals surface area contributed by atoms with Crippen LogP contribution in [0.4, 0.5) is 0 Å². The fourth-order valence-electron chi connectivity index (χ4n) is 1.85. The lowest BCUT2D eigenvalue weighted by atomic mass is 10.2. The van der Waals surface area contributed by atoms with Crippen molar-refractivity contribution in [1.29, 1.82) is 0 Å². The predicted molar refractivity (Wildman–Crippen MR) is 77.3 cm³/mol. The second-order valence-electron chi connectivity index (χ2n) is 4.32. The monoisotopic (exact) mass is 262 g/mol. The van der Waals surface area contributed by atoms with Gasteiger partial charge in [0.15, 0.2) is 0 Å². The molecule has 1 amide bonds. The zero-order valence-electron chi connectivity index (χ0n) is 10.7. The number of hydrogen-bond acceptors (Lipinski definition) is 3. The van der Waals surface area contributed by atoms with E-state index in [1.54, 1.807) is 0 Å². The van der Waals surface area contributed by atoms with E-state index >= 15 is 0 Å². The van der Waals surface area contributed by atoms with Crippen LogP contribution in [0, 0.1) is 0 Å². The number of amides is 1. The van der Waals surface area contributed by atoms with Gasteiger partial charge < -0.3 is 10.6 Å². The smallest absolute Gasteiger partial charge is 0.261 e. The van der Waals surface area contributed by atoms with Crippen molar-refractivity contribution in [2.45, 2.75) is 19.9 Å². The normalized spacial score (nSPS) is 12.6. The molecule has 2 rings (SSSR count). The highest BCUT2D eigenvalue weighted by Gasteiger charge is 2.10. The average Bonchev–Trinajstić information content (AvgIpc) is 2.80. The Morgan fingerprint density at radius 3 is 2.89 bits per heavy atom. The van der Waals surface area contributed by atoms with Gasteiger partial charge in [-0.1, -0.05) is 25.1 Å². The molecule has 0 saturated heterocycles. The first kappa shape index (κ1) is 13.1. The van der Waals surface area contributed by atoms with Crippen LogP contribution in [0.3, 0.4) is 0 Å². The summed E-state index contributed by atoms with van der Waals surface area (Å²) in [6, 6.07) is 10.3. The number of carbonyl (C=O) groups excluding carboxylic acids is 1. The number of nitrogens with one attached hydrogen (secondary N) is 2. The summed E-state index contributed by atoms with van der Waals surface area (Å²) in [5.74, 6) is 0.0148. The van der Waals surface area contributed by atoms with E-state index < -0.39 is 0 Å². The molecule has 1 aromatic carbocycles. The first-order valence-corrected chi connectivity index (χ1v) is 7.02. The van der Waals surface area contributed by atoms with Crippen molar-refractivity contribution in [2.24, 2.45) is 0 Å². The van der Waals surface area contributed by atoms with E-state index in [1.807, 2.05) is 30.3 Å². The summed E-state index contributed by atoms with van der Waals surface area (Å²) < 4.78 is 1.15. The maximum atomic E-state index is 12.0. The predicted octanol–water partition coefficient (Wildman–Crippen LogP) is 2.63. The van der Waals surface area contributed by atoms with E-state index in [4.69, 9.17) is 0 Å². The van der Waals surface area contributed by atoms with Crippen molar-refractivity contribution in [2.75, 3.05) is 13.1 Å². The molecule has 1 heterocycles. The summed E-state index contributed by atoms with van der Waals surface area (Å²) in [7, 11) is 0. The van der Waals surface area contributed by atoms with E-state index in [0.29, 0.717) is 12.6 Å². The van der Waals surface area contributed by atoms with Crippen LogP contribution in [-0.4, -0.2) is 25.0 Å². The van der Waals surface area contributed by atoms with Gasteiger partial charge in [-0.05, 0) is 31.0 Å². The van der Waals surface area contributed by atoms with Crippen LogP contribution in [0.15, 0.2) is 30.3 Å². The summed E-state index contributed by atoms with van der Waals surface area (Å²) in [6.07, 6.45) is 0. The van der Waals surface area contributed by atoms with Gasteiger partial charge in [0.2, 0.25) is 0 Å². The minimum atomic E-state index is 0.0148. The summed E-state index contributed by atoms with van der Waals surface area (Å²) in [4.78, 5) is 12.8. The van der Waals surface area contributed by atoms with E-state index in [2.05, 4.69) is 24.5 Å². The highest BCUT2D eigenvalue weighted by Crippen LogP contribution is 2.24. The fourth-order valence-corrected chi connectivity index (χ4v) is 2.83. The van der Waals surface area contributed by atoms with Gasteiger partial charge in [-0.3, -0.25) is 4.79 Å². The van der Waals surface area contributed by atoms with Crippen molar-refractivity contribution in [3.05, 3.63) is 35.2 Å². The minimum Gasteiger partial charge on any atom is -0.350 e. The van der Waals surface area contributed by atoms with E-state index in [0.717, 1.165) is 21.5 Å². The van der Waals surface area contributed by atoms with Crippen molar-refractivity contribution in [3.8, 4) is 0 Å². The molecule has 0 aliphatic carbocycles. The van der Waals surface area contributed by atoms with Crippen molar-refractivity contribution < 1.29 is 4.79 Å². The molecule has 0 fully saturated rings. The molecule has 3 nitrogen and oxygen atoms in total. The molecule has 2 N–H and O–H groups in total. The molecule has 18 heavy (non-hydrogen) atoms. The number of thiophene rings is 1. The number of likely N-dealkylation sites (N-methyl/N-ethyl adjacent to an activating group) is 1. The molecule has 2 aromatic rings. The largest absolute Gasteiger partial charge is 0.350 e. The third-order valence-corrected chi connectivity index (χ3v) is 3.89. The van der Waals surface area contributed by atoms with Gasteiger partial charge in [-0.15, -0.1) is 11.3 Å². The molecule has 0 aliphatic heterocycles. The summed E-state index contributed by atoms with van der Waals surface area (Å²) in [5, 5.41) is 7.35. The van der Waals surface area contributed by atoms with Crippen LogP contribution in [0.25, 0.3) is 10.1 Å². The zero-order valence-corrected chi connectivity index (χ0v) is 11.5. The average molecular weight is 262 g/mol. The quantitative estimate of drug-likeness (QED) is 0.869. The Hall–Kier alpha value is -1.39. The number of rotatable bonds is 5. The van der Waals surface area contributed by atoms with Crippen LogP contribution >= 0.6 is 11.3 Å². The van der Waals surface area contributed by atoms with Crippen LogP contribution in [0.5, 0.6) is 0 Å². The summed E-state index contributed by atoms with van der Waals surface area (Å²) in [5.41, 5.74) is 0. The second-order valence-corrected chi connectivity index (χ2v) is 5.40. The van der Waals surface area contributed by atoms with E-state index in [9.17, 15) is 4.79 Å². The standard InChI is InChI=1S/C14H18N2OS/c1-3-15-10(2)9-16-14(17)13-8-11-6-4-5-7-12(11)18-13/h4-8,10,15H,3,9H2,1-2H3,(H,16,17)/t10-/m1/s1. The number of benzene rings is 1. The van der Waals surface area contributed by atoms with Gasteiger partial charge in [0.05, 0.1) is 4.88 Å². The first-order valence-electron chi connectivity index (χ1n) is 6.21. The van der Waals surface area contributed by atoms with Gasteiger partial charge in [-0.25, -0.2) is 0 Å². The lowest BCUT2D eigenvalue weighted by molar-refractivity contribution is 0.0954. The second kappa shape index (κ2) is 5.98. The lowest BCUT2D eigenvalue weighted by Crippen LogP contribution is -2.38. The van der Waals surface area contributed by atoms with Crippen LogP contribution in [-0.2, 0) is 0 Å². The highest BCUT2D eigenvalue weighted by molar-refractivity contribution is 7.20. The maximum absolute atomic E-state index is 12.0. The molecular weight excluding hydrogens is 244 g/mol. The van der Waals surface area contributed by atoms with Gasteiger partial charge in [-0.2, -0.15) is 0 Å². The highest BCUT2D eigenvalue weighted by atomic mass is 32.1. The molecule has 1 aromatic heterocycles. The molecule has 4 heteroatoms. The molecule has 0 bridgehead atoms. The van der Waals surface area contributed by atoms with Crippen molar-refractivity contribution >= 4 is 27.3 Å². The van der Waals surface area contributed by atoms with Gasteiger partial charge in [0.25, 0.3) is 5.91 Å². The summed E-state index contributed by atoms with van der Waals surface area (Å²) in [6.45, 7) is 5.69. The van der Waals surface area contributed by atoms with Gasteiger partial charge in [0, 0.05) is 17.3 Å². The maximum Gasteiger partial charge on any atom is 0.261 e. The Morgan fingerprint density at radius 2 is 2.17 bits per heavy atom. The van der Waals surface area contributed by atoms with E-state index in [1.165, 1.54) is 11.3 Å². The van der Waals surface area contributed by atoms with Crippen molar-refractivity contribution in [1.82, 2.24) is 10.6 Å². The number of fused-ring (bicyclic) bond motifs is 1. The molecule has 0 saturated carbocycles.